The van der Waals surface area contributed by atoms with Crippen LogP contribution < -0.4 is 4.90 Å². The van der Waals surface area contributed by atoms with E-state index in [1.165, 1.54) is 91.6 Å². The predicted molar refractivity (Wildman–Crippen MR) is 232 cm³/mol. The van der Waals surface area contributed by atoms with E-state index in [1.807, 2.05) is 11.3 Å². The summed E-state index contributed by atoms with van der Waals surface area (Å²) < 4.78 is 5.13. The molecule has 11 aromatic rings. The van der Waals surface area contributed by atoms with Crippen molar-refractivity contribution in [2.24, 2.45) is 0 Å². The molecule has 1 aliphatic carbocycles. The Hall–Kier alpha value is -6.42. The lowest BCUT2D eigenvalue weighted by Gasteiger charge is -2.27. The van der Waals surface area contributed by atoms with Crippen molar-refractivity contribution in [3.8, 4) is 22.3 Å². The van der Waals surface area contributed by atoms with Crippen LogP contribution in [0.1, 0.15) is 25.0 Å². The molecule has 0 spiro atoms. The van der Waals surface area contributed by atoms with Crippen LogP contribution in [-0.2, 0) is 5.41 Å². The van der Waals surface area contributed by atoms with Crippen LogP contribution in [0.2, 0.25) is 0 Å². The summed E-state index contributed by atoms with van der Waals surface area (Å²) in [6.45, 7) is 4.71. The zero-order chi connectivity index (χ0) is 35.7. The maximum absolute atomic E-state index is 2.51. The summed E-state index contributed by atoms with van der Waals surface area (Å²) in [5.41, 5.74) is 15.2. The van der Waals surface area contributed by atoms with Crippen LogP contribution in [0.4, 0.5) is 17.1 Å². The predicted octanol–water partition coefficient (Wildman–Crippen LogP) is 14.6. The number of para-hydroxylation sites is 3. The molecule has 3 heterocycles. The van der Waals surface area contributed by atoms with Crippen LogP contribution in [-0.4, -0.2) is 4.40 Å². The lowest BCUT2D eigenvalue weighted by atomic mass is 9.82. The third-order valence-corrected chi connectivity index (χ3v) is 13.3. The van der Waals surface area contributed by atoms with Crippen molar-refractivity contribution < 1.29 is 0 Å². The van der Waals surface area contributed by atoms with Crippen LogP contribution >= 0.6 is 11.3 Å². The Balaban J connectivity index is 1.11. The van der Waals surface area contributed by atoms with Crippen LogP contribution in [0.25, 0.3) is 80.5 Å². The first kappa shape index (κ1) is 30.1. The first-order valence-electron chi connectivity index (χ1n) is 18.8. The second kappa shape index (κ2) is 10.8. The molecular weight excluding hydrogens is 673 g/mol. The zero-order valence-electron chi connectivity index (χ0n) is 30.0. The highest BCUT2D eigenvalue weighted by atomic mass is 32.1. The fourth-order valence-electron chi connectivity index (χ4n) is 9.70. The highest BCUT2D eigenvalue weighted by molar-refractivity contribution is 7.25. The molecule has 0 N–H and O–H groups in total. The molecule has 0 saturated carbocycles. The fraction of sp³-hybridized carbons (Fsp3) is 0.0588. The number of aromatic nitrogens is 1. The van der Waals surface area contributed by atoms with Crippen molar-refractivity contribution in [2.75, 3.05) is 4.90 Å². The van der Waals surface area contributed by atoms with Crippen molar-refractivity contribution in [1.82, 2.24) is 4.40 Å². The summed E-state index contributed by atoms with van der Waals surface area (Å²) in [5, 5.41) is 7.74. The molecule has 0 unspecified atom stereocenters. The normalized spacial score (nSPS) is 13.5. The van der Waals surface area contributed by atoms with E-state index in [4.69, 9.17) is 0 Å². The quantitative estimate of drug-likeness (QED) is 0.177. The number of fused-ring (bicyclic) bond motifs is 12. The first-order valence-corrected chi connectivity index (χ1v) is 19.6. The molecule has 254 valence electrons. The molecule has 54 heavy (non-hydrogen) atoms. The summed E-state index contributed by atoms with van der Waals surface area (Å²) in [4.78, 5) is 2.48. The maximum atomic E-state index is 2.51. The summed E-state index contributed by atoms with van der Waals surface area (Å²) in [6, 6.07) is 63.3. The van der Waals surface area contributed by atoms with Crippen molar-refractivity contribution in [3.63, 3.8) is 0 Å². The second-order valence-corrected chi connectivity index (χ2v) is 16.4. The van der Waals surface area contributed by atoms with Gasteiger partial charge in [0.1, 0.15) is 0 Å². The van der Waals surface area contributed by atoms with Gasteiger partial charge in [-0.1, -0.05) is 135 Å². The van der Waals surface area contributed by atoms with E-state index in [0.29, 0.717) is 0 Å². The molecule has 0 saturated heterocycles. The minimum atomic E-state index is -0.0392. The Morgan fingerprint density at radius 3 is 1.94 bits per heavy atom. The van der Waals surface area contributed by atoms with Gasteiger partial charge in [0.2, 0.25) is 0 Å². The maximum Gasteiger partial charge on any atom is 0.0782 e. The van der Waals surface area contributed by atoms with Gasteiger partial charge < -0.3 is 9.30 Å². The number of anilines is 3. The number of hydrogen-bond acceptors (Lipinski definition) is 2. The van der Waals surface area contributed by atoms with Gasteiger partial charge in [-0.3, -0.25) is 0 Å². The van der Waals surface area contributed by atoms with E-state index >= 15 is 0 Å². The lowest BCUT2D eigenvalue weighted by Crippen LogP contribution is -2.14. The van der Waals surface area contributed by atoms with Crippen LogP contribution in [0, 0.1) is 0 Å². The van der Waals surface area contributed by atoms with Gasteiger partial charge >= 0.3 is 0 Å². The molecule has 0 radical (unpaired) electrons. The van der Waals surface area contributed by atoms with Crippen molar-refractivity contribution in [1.29, 1.82) is 0 Å². The molecule has 3 heteroatoms. The van der Waals surface area contributed by atoms with Gasteiger partial charge in [0.05, 0.1) is 22.2 Å². The summed E-state index contributed by atoms with van der Waals surface area (Å²) >= 11 is 1.87. The molecule has 0 amide bonds. The van der Waals surface area contributed by atoms with Gasteiger partial charge in [0, 0.05) is 58.5 Å². The Kier molecular flexibility index (Phi) is 6.03. The Morgan fingerprint density at radius 2 is 1.07 bits per heavy atom. The van der Waals surface area contributed by atoms with Crippen LogP contribution in [0.3, 0.4) is 0 Å². The molecule has 12 rings (SSSR count). The SMILES string of the molecule is CC1(C)c2ccccc2-c2c(-c3ccc(N(c4ccc5sc6ccccc6c5c4)c4cccc5c6cccc7c8ccccc8n(c45)c76)cc3)cccc21. The minimum absolute atomic E-state index is 0.0392. The molecular formula is C51H34N2S. The van der Waals surface area contributed by atoms with E-state index in [-0.39, 0.29) is 5.41 Å². The number of benzene rings is 8. The van der Waals surface area contributed by atoms with E-state index in [0.717, 1.165) is 17.1 Å². The van der Waals surface area contributed by atoms with E-state index in [9.17, 15) is 0 Å². The standard InChI is InChI=1S/C51H34N2S/c1-51(2)42-19-6-3-14-40(42)48-34(15-10-20-43(48)51)31-24-26-32(27-25-31)52(33-28-29-47-41(30-33)36-13-5-8-23-46(36)54-47)45-22-11-18-39-38-17-9-16-37-35-12-4-7-21-44(35)53(49(37)38)50(39)45/h3-30H,1-2H3. The summed E-state index contributed by atoms with van der Waals surface area (Å²) in [5.74, 6) is 0. The molecule has 3 aromatic heterocycles. The molecule has 0 fully saturated rings. The Labute approximate surface area is 317 Å². The van der Waals surface area contributed by atoms with Crippen LogP contribution in [0.15, 0.2) is 170 Å². The molecule has 0 aliphatic heterocycles. The smallest absolute Gasteiger partial charge is 0.0782 e. The monoisotopic (exact) mass is 706 g/mol. The van der Waals surface area contributed by atoms with Crippen LogP contribution in [0.5, 0.6) is 0 Å². The van der Waals surface area contributed by atoms with Gasteiger partial charge in [0.25, 0.3) is 0 Å². The Bertz CT molecular complexity index is 3310. The molecule has 2 nitrogen and oxygen atoms in total. The van der Waals surface area contributed by atoms with Gasteiger partial charge in [0.15, 0.2) is 0 Å². The minimum Gasteiger partial charge on any atom is -0.308 e. The number of thiophene rings is 1. The number of nitrogens with zero attached hydrogens (tertiary/aromatic N) is 2. The third kappa shape index (κ3) is 3.94. The van der Waals surface area contributed by atoms with Gasteiger partial charge in [-0.15, -0.1) is 11.3 Å². The van der Waals surface area contributed by atoms with Gasteiger partial charge in [-0.05, 0) is 81.9 Å². The Morgan fingerprint density at radius 1 is 0.463 bits per heavy atom. The zero-order valence-corrected chi connectivity index (χ0v) is 30.8. The van der Waals surface area contributed by atoms with Crippen molar-refractivity contribution >= 4 is 86.7 Å². The first-order chi connectivity index (χ1) is 26.6. The lowest BCUT2D eigenvalue weighted by molar-refractivity contribution is 0.660. The topological polar surface area (TPSA) is 7.65 Å². The second-order valence-electron chi connectivity index (χ2n) is 15.3. The largest absolute Gasteiger partial charge is 0.308 e. The van der Waals surface area contributed by atoms with Gasteiger partial charge in [-0.25, -0.2) is 0 Å². The van der Waals surface area contributed by atoms with Gasteiger partial charge in [-0.2, -0.15) is 0 Å². The number of hydrogen-bond donors (Lipinski definition) is 0. The van der Waals surface area contributed by atoms with E-state index < -0.39 is 0 Å². The summed E-state index contributed by atoms with van der Waals surface area (Å²) in [6.07, 6.45) is 0. The third-order valence-electron chi connectivity index (χ3n) is 12.1. The fourth-order valence-corrected chi connectivity index (χ4v) is 10.8. The van der Waals surface area contributed by atoms with Crippen molar-refractivity contribution in [3.05, 3.63) is 181 Å². The highest BCUT2D eigenvalue weighted by Gasteiger charge is 2.36. The van der Waals surface area contributed by atoms with Crippen molar-refractivity contribution in [2.45, 2.75) is 19.3 Å². The molecule has 0 atom stereocenters. The summed E-state index contributed by atoms with van der Waals surface area (Å²) in [7, 11) is 0. The average molecular weight is 707 g/mol. The van der Waals surface area contributed by atoms with E-state index in [1.54, 1.807) is 0 Å². The average Bonchev–Trinajstić information content (AvgIpc) is 3.93. The highest BCUT2D eigenvalue weighted by Crippen LogP contribution is 2.52. The number of rotatable bonds is 4. The van der Waals surface area contributed by atoms with E-state index in [2.05, 4.69) is 193 Å². The molecule has 1 aliphatic rings. The molecule has 8 aromatic carbocycles. The molecule has 0 bridgehead atoms.